The smallest absolute Gasteiger partial charge is 0.206 e. The molecule has 2 aromatic heterocycles. The van der Waals surface area contributed by atoms with Gasteiger partial charge in [-0.2, -0.15) is 5.10 Å². The van der Waals surface area contributed by atoms with Crippen LogP contribution in [0.5, 0.6) is 11.5 Å². The van der Waals surface area contributed by atoms with Crippen molar-refractivity contribution in [1.82, 2.24) is 4.68 Å². The maximum atomic E-state index is 13.1. The minimum Gasteiger partial charge on any atom is -0.493 e. The molecule has 2 heterocycles. The lowest BCUT2D eigenvalue weighted by Gasteiger charge is -2.11. The summed E-state index contributed by atoms with van der Waals surface area (Å²) in [6.07, 6.45) is 5.07. The van der Waals surface area contributed by atoms with Gasteiger partial charge in [-0.1, -0.05) is 18.2 Å². The zero-order chi connectivity index (χ0) is 23.0. The fourth-order valence-corrected chi connectivity index (χ4v) is 3.83. The van der Waals surface area contributed by atoms with Crippen molar-refractivity contribution >= 4 is 17.6 Å². The van der Waals surface area contributed by atoms with Crippen LogP contribution in [0.25, 0.3) is 11.5 Å². The van der Waals surface area contributed by atoms with Gasteiger partial charge in [0, 0.05) is 5.38 Å². The topological polar surface area (TPSA) is 61.2 Å². The number of methoxy groups -OCH3 is 1. The number of ether oxygens (including phenoxy) is 2. The Morgan fingerprint density at radius 2 is 2.00 bits per heavy atom. The minimum atomic E-state index is -0.279. The average Bonchev–Trinajstić information content (AvgIpc) is 3.51. The molecule has 6 nitrogen and oxygen atoms in total. The molecular formula is C25H22FN3O3S. The molecule has 33 heavy (non-hydrogen) atoms. The molecule has 0 aliphatic rings. The standard InChI is InChI=1S/C25H22FN3O3S/c1-3-12-27-25-29(21(17-33-25)22-5-4-13-31-22)28-15-19-8-11-23(24(14-19)30-2)32-16-18-6-9-20(26)10-7-18/h3-11,13-15,17H,1,12,16H2,2H3. The molecule has 0 atom stereocenters. The van der Waals surface area contributed by atoms with Gasteiger partial charge < -0.3 is 13.9 Å². The first-order valence-corrected chi connectivity index (χ1v) is 11.0. The molecular weight excluding hydrogens is 441 g/mol. The van der Waals surface area contributed by atoms with E-state index in [-0.39, 0.29) is 5.82 Å². The second kappa shape index (κ2) is 10.6. The van der Waals surface area contributed by atoms with E-state index in [2.05, 4.69) is 16.7 Å². The molecule has 0 aliphatic carbocycles. The largest absolute Gasteiger partial charge is 0.493 e. The summed E-state index contributed by atoms with van der Waals surface area (Å²) in [6, 6.07) is 15.4. The molecule has 0 saturated carbocycles. The second-order valence-electron chi connectivity index (χ2n) is 6.89. The lowest BCUT2D eigenvalue weighted by atomic mass is 10.2. The average molecular weight is 464 g/mol. The molecule has 0 spiro atoms. The van der Waals surface area contributed by atoms with E-state index in [1.165, 1.54) is 23.5 Å². The summed E-state index contributed by atoms with van der Waals surface area (Å²) >= 11 is 1.47. The summed E-state index contributed by atoms with van der Waals surface area (Å²) in [5.41, 5.74) is 2.48. The zero-order valence-corrected chi connectivity index (χ0v) is 18.8. The fourth-order valence-electron chi connectivity index (χ4n) is 3.01. The van der Waals surface area contributed by atoms with Crippen LogP contribution in [0.1, 0.15) is 11.1 Å². The predicted octanol–water partition coefficient (Wildman–Crippen LogP) is 5.51. The molecule has 0 saturated heterocycles. The van der Waals surface area contributed by atoms with Gasteiger partial charge in [0.15, 0.2) is 17.3 Å². The van der Waals surface area contributed by atoms with Gasteiger partial charge in [-0.05, 0) is 53.6 Å². The van der Waals surface area contributed by atoms with Crippen LogP contribution in [0.2, 0.25) is 0 Å². The van der Waals surface area contributed by atoms with Crippen LogP contribution in [0.3, 0.4) is 0 Å². The van der Waals surface area contributed by atoms with Gasteiger partial charge >= 0.3 is 0 Å². The van der Waals surface area contributed by atoms with Gasteiger partial charge in [-0.15, -0.1) is 17.9 Å². The van der Waals surface area contributed by atoms with E-state index in [1.807, 2.05) is 35.7 Å². The Labute approximate surface area is 194 Å². The van der Waals surface area contributed by atoms with E-state index in [4.69, 9.17) is 13.9 Å². The van der Waals surface area contributed by atoms with Crippen LogP contribution in [-0.4, -0.2) is 24.5 Å². The van der Waals surface area contributed by atoms with Crippen molar-refractivity contribution in [2.75, 3.05) is 13.7 Å². The number of halogens is 1. The van der Waals surface area contributed by atoms with E-state index >= 15 is 0 Å². The molecule has 8 heteroatoms. The van der Waals surface area contributed by atoms with E-state index in [0.29, 0.717) is 30.4 Å². The van der Waals surface area contributed by atoms with Gasteiger partial charge in [0.05, 0.1) is 26.1 Å². The Kier molecular flexibility index (Phi) is 7.16. The zero-order valence-electron chi connectivity index (χ0n) is 18.0. The van der Waals surface area contributed by atoms with Crippen LogP contribution in [-0.2, 0) is 6.61 Å². The van der Waals surface area contributed by atoms with Crippen molar-refractivity contribution in [3.8, 4) is 23.0 Å². The molecule has 0 amide bonds. The predicted molar refractivity (Wildman–Crippen MR) is 127 cm³/mol. The number of benzene rings is 2. The molecule has 0 fully saturated rings. The molecule has 4 aromatic rings. The van der Waals surface area contributed by atoms with Crippen LogP contribution in [0.15, 0.2) is 93.4 Å². The monoisotopic (exact) mass is 463 g/mol. The lowest BCUT2D eigenvalue weighted by Crippen LogP contribution is -2.12. The fraction of sp³-hybridized carbons (Fsp3) is 0.120. The Bertz CT molecular complexity index is 1310. The first-order valence-electron chi connectivity index (χ1n) is 10.1. The number of furan rings is 1. The summed E-state index contributed by atoms with van der Waals surface area (Å²) in [5.74, 6) is 1.57. The highest BCUT2D eigenvalue weighted by atomic mass is 32.1. The molecule has 0 N–H and O–H groups in total. The minimum absolute atomic E-state index is 0.279. The van der Waals surface area contributed by atoms with Crippen LogP contribution >= 0.6 is 11.3 Å². The Balaban J connectivity index is 1.58. The highest BCUT2D eigenvalue weighted by molar-refractivity contribution is 7.07. The summed E-state index contributed by atoms with van der Waals surface area (Å²) in [7, 11) is 1.58. The van der Waals surface area contributed by atoms with Gasteiger partial charge in [-0.3, -0.25) is 4.99 Å². The number of aromatic nitrogens is 1. The maximum absolute atomic E-state index is 13.1. The SMILES string of the molecule is C=CCN=c1scc(-c2ccco2)n1N=Cc1ccc(OCc2ccc(F)cc2)c(OC)c1. The molecule has 4 rings (SSSR count). The van der Waals surface area contributed by atoms with Crippen molar-refractivity contribution in [3.63, 3.8) is 0 Å². The summed E-state index contributed by atoms with van der Waals surface area (Å²) in [6.45, 7) is 4.51. The first kappa shape index (κ1) is 22.3. The number of thiazole rings is 1. The third-order valence-corrected chi connectivity index (χ3v) is 5.49. The molecule has 0 bridgehead atoms. The van der Waals surface area contributed by atoms with Crippen molar-refractivity contribution in [3.05, 3.63) is 101 Å². The van der Waals surface area contributed by atoms with E-state index < -0.39 is 0 Å². The van der Waals surface area contributed by atoms with Crippen LogP contribution < -0.4 is 14.3 Å². The molecule has 0 radical (unpaired) electrons. The van der Waals surface area contributed by atoms with E-state index in [1.54, 1.807) is 42.5 Å². The highest BCUT2D eigenvalue weighted by Gasteiger charge is 2.10. The molecule has 0 aliphatic heterocycles. The van der Waals surface area contributed by atoms with Gasteiger partial charge in [0.1, 0.15) is 18.1 Å². The molecule has 2 aromatic carbocycles. The Hall–Kier alpha value is -3.91. The second-order valence-corrected chi connectivity index (χ2v) is 7.73. The summed E-state index contributed by atoms with van der Waals surface area (Å²) in [5, 5.41) is 6.58. The number of hydrogen-bond acceptors (Lipinski definition) is 6. The van der Waals surface area contributed by atoms with Crippen molar-refractivity contribution in [2.45, 2.75) is 6.61 Å². The van der Waals surface area contributed by atoms with Crippen molar-refractivity contribution in [2.24, 2.45) is 10.1 Å². The lowest BCUT2D eigenvalue weighted by molar-refractivity contribution is 0.284. The van der Waals surface area contributed by atoms with Crippen molar-refractivity contribution in [1.29, 1.82) is 0 Å². The highest BCUT2D eigenvalue weighted by Crippen LogP contribution is 2.28. The Morgan fingerprint density at radius 1 is 1.15 bits per heavy atom. The van der Waals surface area contributed by atoms with Gasteiger partial charge in [0.2, 0.25) is 4.80 Å². The maximum Gasteiger partial charge on any atom is 0.206 e. The number of rotatable bonds is 9. The normalized spacial score (nSPS) is 11.8. The van der Waals surface area contributed by atoms with E-state index in [0.717, 1.165) is 21.6 Å². The van der Waals surface area contributed by atoms with E-state index in [9.17, 15) is 4.39 Å². The van der Waals surface area contributed by atoms with Gasteiger partial charge in [-0.25, -0.2) is 9.07 Å². The first-order chi connectivity index (χ1) is 16.2. The number of hydrogen-bond donors (Lipinski definition) is 0. The van der Waals surface area contributed by atoms with Gasteiger partial charge in [0.25, 0.3) is 0 Å². The quantitative estimate of drug-likeness (QED) is 0.243. The van der Waals surface area contributed by atoms with Crippen molar-refractivity contribution < 1.29 is 18.3 Å². The van der Waals surface area contributed by atoms with Crippen LogP contribution in [0, 0.1) is 5.82 Å². The molecule has 168 valence electrons. The molecule has 0 unspecified atom stereocenters. The Morgan fingerprint density at radius 3 is 2.73 bits per heavy atom. The third kappa shape index (κ3) is 5.48. The summed E-state index contributed by atoms with van der Waals surface area (Å²) < 4.78 is 31.7. The summed E-state index contributed by atoms with van der Waals surface area (Å²) in [4.78, 5) is 5.24. The number of nitrogens with zero attached hydrogens (tertiary/aromatic N) is 3. The van der Waals surface area contributed by atoms with Crippen LogP contribution in [0.4, 0.5) is 4.39 Å². The third-order valence-electron chi connectivity index (χ3n) is 4.63.